The van der Waals surface area contributed by atoms with E-state index in [2.05, 4.69) is 6.07 Å². The molecular formula is C18H15Cl2NO3. The van der Waals surface area contributed by atoms with Crippen LogP contribution in [0.5, 0.6) is 0 Å². The number of carbonyl (C=O) groups is 2. The summed E-state index contributed by atoms with van der Waals surface area (Å²) in [6.45, 7) is 0.851. The van der Waals surface area contributed by atoms with Crippen LogP contribution < -0.4 is 0 Å². The lowest BCUT2D eigenvalue weighted by Gasteiger charge is -2.28. The number of carbonyl (C=O) groups excluding carboxylic acids is 2. The fraction of sp³-hybridized carbons (Fsp3) is 0.222. The van der Waals surface area contributed by atoms with Crippen LogP contribution in [0.3, 0.4) is 0 Å². The number of fused-ring (bicyclic) bond motifs is 1. The Morgan fingerprint density at radius 1 is 1.08 bits per heavy atom. The molecule has 0 bridgehead atoms. The van der Waals surface area contributed by atoms with Crippen molar-refractivity contribution in [1.82, 2.24) is 4.90 Å². The molecule has 0 aromatic heterocycles. The summed E-state index contributed by atoms with van der Waals surface area (Å²) in [6, 6.07) is 12.5. The molecule has 2 aromatic rings. The lowest BCUT2D eigenvalue weighted by molar-refractivity contribution is -0.135. The number of esters is 1. The summed E-state index contributed by atoms with van der Waals surface area (Å²) < 4.78 is 5.09. The molecule has 0 spiro atoms. The molecule has 0 fully saturated rings. The van der Waals surface area contributed by atoms with Gasteiger partial charge in [-0.15, -0.1) is 0 Å². The molecule has 4 nitrogen and oxygen atoms in total. The van der Waals surface area contributed by atoms with Gasteiger partial charge in [-0.25, -0.2) is 4.79 Å². The predicted molar refractivity (Wildman–Crippen MR) is 92.3 cm³/mol. The van der Waals surface area contributed by atoms with E-state index in [0.717, 1.165) is 12.0 Å². The first-order valence-corrected chi connectivity index (χ1v) is 8.27. The van der Waals surface area contributed by atoms with Crippen LogP contribution in [0.15, 0.2) is 42.5 Å². The number of halogens is 2. The molecule has 1 amide bonds. The van der Waals surface area contributed by atoms with Crippen LogP contribution in [0.25, 0.3) is 0 Å². The highest BCUT2D eigenvalue weighted by Crippen LogP contribution is 2.22. The van der Waals surface area contributed by atoms with E-state index < -0.39 is 5.97 Å². The molecule has 2 aromatic carbocycles. The molecule has 0 N–H and O–H groups in total. The van der Waals surface area contributed by atoms with Crippen molar-refractivity contribution in [1.29, 1.82) is 0 Å². The van der Waals surface area contributed by atoms with Crippen LogP contribution in [0, 0.1) is 0 Å². The van der Waals surface area contributed by atoms with Crippen molar-refractivity contribution in [3.63, 3.8) is 0 Å². The molecule has 24 heavy (non-hydrogen) atoms. The summed E-state index contributed by atoms with van der Waals surface area (Å²) in [5.74, 6) is -0.856. The van der Waals surface area contributed by atoms with E-state index in [4.69, 9.17) is 27.9 Å². The third kappa shape index (κ3) is 3.71. The Hall–Kier alpha value is -2.04. The van der Waals surface area contributed by atoms with Gasteiger partial charge in [-0.05, 0) is 35.7 Å². The maximum Gasteiger partial charge on any atom is 0.340 e. The lowest BCUT2D eigenvalue weighted by Crippen LogP contribution is -2.38. The minimum atomic E-state index is -0.637. The standard InChI is InChI=1S/C18H15Cl2NO3/c19-14-5-6-15(16(20)9-14)18(23)24-11-17(22)21-8-7-12-3-1-2-4-13(12)10-21/h1-6,9H,7-8,10-11H2. The number of benzene rings is 2. The van der Waals surface area contributed by atoms with Crippen molar-refractivity contribution in [2.24, 2.45) is 0 Å². The quantitative estimate of drug-likeness (QED) is 0.780. The van der Waals surface area contributed by atoms with Crippen molar-refractivity contribution in [2.75, 3.05) is 13.2 Å². The van der Waals surface area contributed by atoms with Gasteiger partial charge in [0.2, 0.25) is 0 Å². The monoisotopic (exact) mass is 363 g/mol. The topological polar surface area (TPSA) is 46.6 Å². The molecular weight excluding hydrogens is 349 g/mol. The lowest BCUT2D eigenvalue weighted by atomic mass is 10.00. The maximum atomic E-state index is 12.3. The van der Waals surface area contributed by atoms with Gasteiger partial charge in [-0.3, -0.25) is 4.79 Å². The van der Waals surface area contributed by atoms with E-state index in [0.29, 0.717) is 18.1 Å². The summed E-state index contributed by atoms with van der Waals surface area (Å²) in [7, 11) is 0. The fourth-order valence-corrected chi connectivity index (χ4v) is 3.15. The Morgan fingerprint density at radius 2 is 1.83 bits per heavy atom. The molecule has 0 aliphatic carbocycles. The zero-order chi connectivity index (χ0) is 17.1. The Kier molecular flexibility index (Phi) is 5.07. The smallest absolute Gasteiger partial charge is 0.340 e. The highest BCUT2D eigenvalue weighted by Gasteiger charge is 2.22. The molecule has 3 rings (SSSR count). The zero-order valence-corrected chi connectivity index (χ0v) is 14.3. The van der Waals surface area contributed by atoms with Crippen molar-refractivity contribution in [2.45, 2.75) is 13.0 Å². The van der Waals surface area contributed by atoms with Crippen LogP contribution in [-0.2, 0) is 22.5 Å². The second-order valence-corrected chi connectivity index (χ2v) is 6.38. The van der Waals surface area contributed by atoms with Crippen molar-refractivity contribution < 1.29 is 14.3 Å². The predicted octanol–water partition coefficient (Wildman–Crippen LogP) is 3.74. The largest absolute Gasteiger partial charge is 0.452 e. The maximum absolute atomic E-state index is 12.3. The minimum Gasteiger partial charge on any atom is -0.452 e. The molecule has 0 saturated carbocycles. The van der Waals surface area contributed by atoms with Crippen molar-refractivity contribution in [3.05, 3.63) is 69.2 Å². The SMILES string of the molecule is O=C(OCC(=O)N1CCc2ccccc2C1)c1ccc(Cl)cc1Cl. The first-order chi connectivity index (χ1) is 11.5. The molecule has 1 aliphatic rings. The molecule has 0 unspecified atom stereocenters. The average molecular weight is 364 g/mol. The number of rotatable bonds is 3. The van der Waals surface area contributed by atoms with Gasteiger partial charge in [0.05, 0.1) is 10.6 Å². The van der Waals surface area contributed by atoms with E-state index in [9.17, 15) is 9.59 Å². The van der Waals surface area contributed by atoms with Gasteiger partial charge in [0.15, 0.2) is 6.61 Å². The van der Waals surface area contributed by atoms with E-state index >= 15 is 0 Å². The van der Waals surface area contributed by atoms with Crippen molar-refractivity contribution in [3.8, 4) is 0 Å². The molecule has 0 saturated heterocycles. The second kappa shape index (κ2) is 7.24. The summed E-state index contributed by atoms with van der Waals surface area (Å²) in [4.78, 5) is 26.0. The average Bonchev–Trinajstić information content (AvgIpc) is 2.59. The third-order valence-corrected chi connectivity index (χ3v) is 4.51. The Bertz CT molecular complexity index is 792. The molecule has 0 atom stereocenters. The third-order valence-electron chi connectivity index (χ3n) is 3.96. The molecule has 6 heteroatoms. The number of hydrogen-bond acceptors (Lipinski definition) is 3. The summed E-state index contributed by atoms with van der Waals surface area (Å²) in [6.07, 6.45) is 0.804. The fourth-order valence-electron chi connectivity index (χ4n) is 2.66. The molecule has 0 radical (unpaired) electrons. The second-order valence-electron chi connectivity index (χ2n) is 5.53. The van der Waals surface area contributed by atoms with Gasteiger partial charge >= 0.3 is 5.97 Å². The number of hydrogen-bond donors (Lipinski definition) is 0. The highest BCUT2D eigenvalue weighted by molar-refractivity contribution is 6.36. The number of nitrogens with zero attached hydrogens (tertiary/aromatic N) is 1. The van der Waals surface area contributed by atoms with Crippen molar-refractivity contribution >= 4 is 35.1 Å². The van der Waals surface area contributed by atoms with Gasteiger partial charge in [0.25, 0.3) is 5.91 Å². The van der Waals surface area contributed by atoms with Crippen LogP contribution in [0.2, 0.25) is 10.0 Å². The summed E-state index contributed by atoms with van der Waals surface area (Å²) >= 11 is 11.8. The minimum absolute atomic E-state index is 0.192. The van der Waals surface area contributed by atoms with Gasteiger partial charge in [-0.1, -0.05) is 47.5 Å². The van der Waals surface area contributed by atoms with E-state index in [1.54, 1.807) is 11.0 Å². The van der Waals surface area contributed by atoms with Gasteiger partial charge in [-0.2, -0.15) is 0 Å². The number of ether oxygens (including phenoxy) is 1. The van der Waals surface area contributed by atoms with Gasteiger partial charge in [0, 0.05) is 18.1 Å². The van der Waals surface area contributed by atoms with Crippen LogP contribution in [-0.4, -0.2) is 29.9 Å². The van der Waals surface area contributed by atoms with Crippen LogP contribution in [0.1, 0.15) is 21.5 Å². The normalized spacial score (nSPS) is 13.3. The van der Waals surface area contributed by atoms with E-state index in [-0.39, 0.29) is 23.1 Å². The summed E-state index contributed by atoms with van der Waals surface area (Å²) in [5.41, 5.74) is 2.58. The van der Waals surface area contributed by atoms with E-state index in [1.165, 1.54) is 17.7 Å². The molecule has 124 valence electrons. The molecule has 1 heterocycles. The van der Waals surface area contributed by atoms with Crippen LogP contribution >= 0.6 is 23.2 Å². The van der Waals surface area contributed by atoms with Gasteiger partial charge in [0.1, 0.15) is 0 Å². The Labute approximate surface area is 149 Å². The summed E-state index contributed by atoms with van der Waals surface area (Å²) in [5, 5.41) is 0.631. The zero-order valence-electron chi connectivity index (χ0n) is 12.8. The first-order valence-electron chi connectivity index (χ1n) is 7.51. The Morgan fingerprint density at radius 3 is 2.58 bits per heavy atom. The number of amides is 1. The highest BCUT2D eigenvalue weighted by atomic mass is 35.5. The Balaban J connectivity index is 1.59. The first kappa shape index (κ1) is 16.8. The van der Waals surface area contributed by atoms with E-state index in [1.807, 2.05) is 18.2 Å². The van der Waals surface area contributed by atoms with Gasteiger partial charge < -0.3 is 9.64 Å². The van der Waals surface area contributed by atoms with Crippen LogP contribution in [0.4, 0.5) is 0 Å². The molecule has 1 aliphatic heterocycles.